The van der Waals surface area contributed by atoms with Crippen molar-refractivity contribution in [1.29, 1.82) is 0 Å². The highest BCUT2D eigenvalue weighted by atomic mass is 127. The molecule has 0 heterocycles. The van der Waals surface area contributed by atoms with Crippen LogP contribution in [-0.4, -0.2) is 30.8 Å². The van der Waals surface area contributed by atoms with Crippen LogP contribution in [0, 0.1) is 5.92 Å². The van der Waals surface area contributed by atoms with Gasteiger partial charge >= 0.3 is 0 Å². The van der Waals surface area contributed by atoms with E-state index in [2.05, 4.69) is 22.4 Å². The predicted molar refractivity (Wildman–Crippen MR) is 86.3 cm³/mol. The van der Waals surface area contributed by atoms with Gasteiger partial charge in [0.25, 0.3) is 0 Å². The number of nitrogens with two attached hydrogens (primary N) is 1. The first-order valence-electron chi connectivity index (χ1n) is 5.91. The molecule has 0 aliphatic carbocycles. The molecule has 0 bridgehead atoms. The van der Waals surface area contributed by atoms with E-state index < -0.39 is 0 Å². The van der Waals surface area contributed by atoms with E-state index in [-0.39, 0.29) is 36.5 Å². The first-order valence-corrected chi connectivity index (χ1v) is 5.91. The molecule has 102 valence electrons. The van der Waals surface area contributed by atoms with Crippen LogP contribution in [-0.2, 0) is 6.42 Å². The molecule has 0 radical (unpaired) electrons. The number of nitrogens with one attached hydrogen (secondary N) is 1. The number of aliphatic hydroxyl groups excluding tert-OH is 1. The first-order chi connectivity index (χ1) is 8.22. The molecule has 0 aliphatic heterocycles. The first kappa shape index (κ1) is 17.2. The van der Waals surface area contributed by atoms with E-state index in [1.165, 1.54) is 5.56 Å². The van der Waals surface area contributed by atoms with Crippen LogP contribution in [0.2, 0.25) is 0 Å². The zero-order valence-electron chi connectivity index (χ0n) is 10.7. The van der Waals surface area contributed by atoms with Crippen molar-refractivity contribution in [2.45, 2.75) is 13.3 Å². The Labute approximate surface area is 126 Å². The van der Waals surface area contributed by atoms with Crippen molar-refractivity contribution in [3.05, 3.63) is 35.9 Å². The largest absolute Gasteiger partial charge is 0.396 e. The normalized spacial score (nSPS) is 12.7. The number of rotatable bonds is 6. The summed E-state index contributed by atoms with van der Waals surface area (Å²) in [5.41, 5.74) is 6.97. The molecular weight excluding hydrogens is 341 g/mol. The second-order valence-corrected chi connectivity index (χ2v) is 4.18. The highest BCUT2D eigenvalue weighted by Crippen LogP contribution is 1.98. The summed E-state index contributed by atoms with van der Waals surface area (Å²) in [6.45, 7) is 3.40. The van der Waals surface area contributed by atoms with Gasteiger partial charge < -0.3 is 16.2 Å². The van der Waals surface area contributed by atoms with E-state index in [0.29, 0.717) is 12.5 Å². The van der Waals surface area contributed by atoms with Crippen molar-refractivity contribution >= 4 is 29.9 Å². The number of nitrogens with zero attached hydrogens (tertiary/aromatic N) is 1. The molecule has 4 nitrogen and oxygen atoms in total. The molecule has 0 saturated heterocycles. The van der Waals surface area contributed by atoms with E-state index in [1.807, 2.05) is 25.1 Å². The van der Waals surface area contributed by atoms with Crippen LogP contribution in [0.3, 0.4) is 0 Å². The summed E-state index contributed by atoms with van der Waals surface area (Å²) in [5.74, 6) is 0.603. The summed E-state index contributed by atoms with van der Waals surface area (Å²) in [6, 6.07) is 10.2. The molecule has 0 saturated carbocycles. The fourth-order valence-corrected chi connectivity index (χ4v) is 1.35. The summed E-state index contributed by atoms with van der Waals surface area (Å²) in [7, 11) is 0. The lowest BCUT2D eigenvalue weighted by Gasteiger charge is -2.07. The molecule has 0 aromatic heterocycles. The summed E-state index contributed by atoms with van der Waals surface area (Å²) < 4.78 is 0. The molecule has 1 aromatic carbocycles. The van der Waals surface area contributed by atoms with Crippen molar-refractivity contribution in [2.24, 2.45) is 16.6 Å². The lowest BCUT2D eigenvalue weighted by atomic mass is 10.1. The average molecular weight is 363 g/mol. The maximum atomic E-state index is 8.84. The SMILES string of the molecule is CC(CO)CN=C(N)NCCc1ccccc1.I. The Hall–Kier alpha value is -0.820. The monoisotopic (exact) mass is 363 g/mol. The molecule has 1 unspecified atom stereocenters. The van der Waals surface area contributed by atoms with Gasteiger partial charge in [-0.1, -0.05) is 37.3 Å². The summed E-state index contributed by atoms with van der Waals surface area (Å²) >= 11 is 0. The van der Waals surface area contributed by atoms with Crippen LogP contribution in [0.1, 0.15) is 12.5 Å². The van der Waals surface area contributed by atoms with Crippen LogP contribution < -0.4 is 11.1 Å². The third-order valence-electron chi connectivity index (χ3n) is 2.45. The Balaban J connectivity index is 0.00000289. The van der Waals surface area contributed by atoms with Crippen molar-refractivity contribution in [3.63, 3.8) is 0 Å². The maximum absolute atomic E-state index is 8.84. The smallest absolute Gasteiger partial charge is 0.188 e. The number of guanidine groups is 1. The maximum Gasteiger partial charge on any atom is 0.188 e. The molecule has 1 rings (SSSR count). The van der Waals surface area contributed by atoms with E-state index in [4.69, 9.17) is 10.8 Å². The Bertz CT molecular complexity index is 343. The topological polar surface area (TPSA) is 70.6 Å². The van der Waals surface area contributed by atoms with E-state index in [0.717, 1.165) is 13.0 Å². The quantitative estimate of drug-likeness (QED) is 0.406. The van der Waals surface area contributed by atoms with E-state index in [9.17, 15) is 0 Å². The number of aliphatic hydroxyl groups is 1. The highest BCUT2D eigenvalue weighted by Gasteiger charge is 1.98. The number of halogens is 1. The Morgan fingerprint density at radius 1 is 1.39 bits per heavy atom. The van der Waals surface area contributed by atoms with Gasteiger partial charge in [-0.3, -0.25) is 4.99 Å². The van der Waals surface area contributed by atoms with Crippen LogP contribution >= 0.6 is 24.0 Å². The predicted octanol–water partition coefficient (Wildman–Crippen LogP) is 1.38. The number of hydrogen-bond acceptors (Lipinski definition) is 2. The second-order valence-electron chi connectivity index (χ2n) is 4.18. The van der Waals surface area contributed by atoms with E-state index in [1.54, 1.807) is 0 Å². The fraction of sp³-hybridized carbons (Fsp3) is 0.462. The highest BCUT2D eigenvalue weighted by molar-refractivity contribution is 14.0. The molecule has 5 heteroatoms. The Morgan fingerprint density at radius 3 is 2.67 bits per heavy atom. The van der Waals surface area contributed by atoms with Crippen LogP contribution in [0.5, 0.6) is 0 Å². The zero-order valence-corrected chi connectivity index (χ0v) is 13.0. The van der Waals surface area contributed by atoms with Gasteiger partial charge in [0.05, 0.1) is 0 Å². The average Bonchev–Trinajstić information content (AvgIpc) is 2.37. The molecule has 0 spiro atoms. The number of aliphatic imine (C=N–C) groups is 1. The van der Waals surface area contributed by atoms with Gasteiger partial charge in [-0.25, -0.2) is 0 Å². The van der Waals surface area contributed by atoms with Crippen LogP contribution in [0.4, 0.5) is 0 Å². The third kappa shape index (κ3) is 7.50. The molecule has 1 atom stereocenters. The van der Waals surface area contributed by atoms with Crippen molar-refractivity contribution < 1.29 is 5.11 Å². The van der Waals surface area contributed by atoms with Gasteiger partial charge in [0.2, 0.25) is 0 Å². The van der Waals surface area contributed by atoms with Crippen molar-refractivity contribution in [2.75, 3.05) is 19.7 Å². The molecule has 0 fully saturated rings. The minimum absolute atomic E-state index is 0. The fourth-order valence-electron chi connectivity index (χ4n) is 1.35. The van der Waals surface area contributed by atoms with Crippen LogP contribution in [0.15, 0.2) is 35.3 Å². The second kappa shape index (κ2) is 10.1. The van der Waals surface area contributed by atoms with Crippen molar-refractivity contribution in [1.82, 2.24) is 5.32 Å². The molecular formula is C13H22IN3O. The minimum Gasteiger partial charge on any atom is -0.396 e. The molecule has 4 N–H and O–H groups in total. The van der Waals surface area contributed by atoms with Gasteiger partial charge in [0, 0.05) is 19.7 Å². The van der Waals surface area contributed by atoms with Gasteiger partial charge in [-0.2, -0.15) is 0 Å². The van der Waals surface area contributed by atoms with Crippen molar-refractivity contribution in [3.8, 4) is 0 Å². The summed E-state index contributed by atoms with van der Waals surface area (Å²) in [6.07, 6.45) is 0.923. The number of hydrogen-bond donors (Lipinski definition) is 3. The molecule has 1 aromatic rings. The Morgan fingerprint density at radius 2 is 2.06 bits per heavy atom. The standard InChI is InChI=1S/C13H21N3O.HI/c1-11(10-17)9-16-13(14)15-8-7-12-5-3-2-4-6-12;/h2-6,11,17H,7-10H2,1H3,(H3,14,15,16);1H. The Kier molecular flexibility index (Phi) is 9.67. The lowest BCUT2D eigenvalue weighted by Crippen LogP contribution is -2.33. The summed E-state index contributed by atoms with van der Waals surface area (Å²) in [4.78, 5) is 4.15. The molecule has 0 amide bonds. The lowest BCUT2D eigenvalue weighted by molar-refractivity contribution is 0.241. The third-order valence-corrected chi connectivity index (χ3v) is 2.45. The van der Waals surface area contributed by atoms with Crippen LogP contribution in [0.25, 0.3) is 0 Å². The van der Waals surface area contributed by atoms with Gasteiger partial charge in [0.15, 0.2) is 5.96 Å². The van der Waals surface area contributed by atoms with Gasteiger partial charge in [-0.15, -0.1) is 24.0 Å². The van der Waals surface area contributed by atoms with Gasteiger partial charge in [0.1, 0.15) is 0 Å². The zero-order chi connectivity index (χ0) is 12.5. The number of benzene rings is 1. The molecule has 18 heavy (non-hydrogen) atoms. The van der Waals surface area contributed by atoms with Gasteiger partial charge in [-0.05, 0) is 17.9 Å². The molecule has 0 aliphatic rings. The summed E-state index contributed by atoms with van der Waals surface area (Å²) in [5, 5.41) is 11.9. The minimum atomic E-state index is 0. The van der Waals surface area contributed by atoms with E-state index >= 15 is 0 Å².